The number of carboxylic acids is 1. The number of rotatable bonds is 42. The average molecular weight is 792 g/mol. The van der Waals surface area contributed by atoms with E-state index in [0.717, 1.165) is 38.5 Å². The Kier molecular flexibility index (Phi) is 37.3. The van der Waals surface area contributed by atoms with Crippen molar-refractivity contribution in [1.82, 2.24) is 0 Å². The highest BCUT2D eigenvalue weighted by molar-refractivity contribution is 7.47. The molecule has 12 heteroatoms. The number of hydrogen-bond acceptors (Lipinski definition) is 9. The van der Waals surface area contributed by atoms with Gasteiger partial charge in [-0.1, -0.05) is 194 Å². The molecule has 4 N–H and O–H groups in total. The molecule has 11 nitrogen and oxygen atoms in total. The van der Waals surface area contributed by atoms with Gasteiger partial charge in [0.25, 0.3) is 0 Å². The number of carbonyl (C=O) groups excluding carboxylic acids is 2. The predicted molar refractivity (Wildman–Crippen MR) is 217 cm³/mol. The first kappa shape index (κ1) is 52.5. The van der Waals surface area contributed by atoms with E-state index in [0.29, 0.717) is 12.8 Å². The highest BCUT2D eigenvalue weighted by atomic mass is 31.2. The van der Waals surface area contributed by atoms with E-state index in [1.807, 2.05) is 0 Å². The minimum atomic E-state index is -4.70. The van der Waals surface area contributed by atoms with E-state index in [9.17, 15) is 23.8 Å². The zero-order valence-corrected chi connectivity index (χ0v) is 35.5. The minimum absolute atomic E-state index is 0.169. The van der Waals surface area contributed by atoms with E-state index in [-0.39, 0.29) is 19.4 Å². The van der Waals surface area contributed by atoms with Crippen molar-refractivity contribution in [2.24, 2.45) is 5.73 Å². The Morgan fingerprint density at radius 3 is 1.17 bits per heavy atom. The molecule has 0 amide bonds. The fourth-order valence-corrected chi connectivity index (χ4v) is 7.14. The molecular formula is C42H82NO10P. The summed E-state index contributed by atoms with van der Waals surface area (Å²) in [6, 6.07) is -1.52. The Labute approximate surface area is 329 Å². The van der Waals surface area contributed by atoms with Gasteiger partial charge in [0.15, 0.2) is 6.10 Å². The van der Waals surface area contributed by atoms with Crippen LogP contribution in [0.4, 0.5) is 0 Å². The molecule has 0 aromatic heterocycles. The van der Waals surface area contributed by atoms with Gasteiger partial charge in [0.1, 0.15) is 12.6 Å². The summed E-state index contributed by atoms with van der Waals surface area (Å²) in [6.45, 7) is 2.80. The van der Waals surface area contributed by atoms with Crippen molar-refractivity contribution in [1.29, 1.82) is 0 Å². The van der Waals surface area contributed by atoms with Gasteiger partial charge in [-0.25, -0.2) is 4.57 Å². The normalized spacial score (nSPS) is 13.7. The number of ether oxygens (including phenoxy) is 2. The predicted octanol–water partition coefficient (Wildman–Crippen LogP) is 11.5. The number of hydrogen-bond donors (Lipinski definition) is 3. The lowest BCUT2D eigenvalue weighted by Gasteiger charge is -2.20. The lowest BCUT2D eigenvalue weighted by molar-refractivity contribution is -0.161. The molecule has 0 aromatic carbocycles. The first-order valence-electron chi connectivity index (χ1n) is 22.1. The van der Waals surface area contributed by atoms with Gasteiger partial charge in [-0.3, -0.25) is 23.4 Å². The summed E-state index contributed by atoms with van der Waals surface area (Å²) in [5.74, 6) is -2.36. The number of phosphoric acid groups is 1. The third-order valence-electron chi connectivity index (χ3n) is 9.86. The molecule has 0 rings (SSSR count). The van der Waals surface area contributed by atoms with E-state index >= 15 is 0 Å². The molecule has 0 saturated heterocycles. The van der Waals surface area contributed by atoms with Crippen LogP contribution < -0.4 is 5.73 Å². The number of unbranched alkanes of at least 4 members (excludes halogenated alkanes) is 28. The molecule has 0 fully saturated rings. The maximum atomic E-state index is 12.6. The lowest BCUT2D eigenvalue weighted by Crippen LogP contribution is -2.34. The second-order valence-electron chi connectivity index (χ2n) is 15.2. The van der Waals surface area contributed by atoms with Crippen molar-refractivity contribution in [3.05, 3.63) is 0 Å². The van der Waals surface area contributed by atoms with Crippen molar-refractivity contribution in [2.45, 2.75) is 231 Å². The molecule has 0 saturated carbocycles. The van der Waals surface area contributed by atoms with Crippen LogP contribution in [0.2, 0.25) is 0 Å². The molecule has 3 atom stereocenters. The van der Waals surface area contributed by atoms with E-state index in [1.165, 1.54) is 141 Å². The fraction of sp³-hybridized carbons (Fsp3) is 0.929. The topological polar surface area (TPSA) is 172 Å². The van der Waals surface area contributed by atoms with Crippen LogP contribution in [0.15, 0.2) is 0 Å². The van der Waals surface area contributed by atoms with E-state index in [1.54, 1.807) is 0 Å². The van der Waals surface area contributed by atoms with Crippen LogP contribution in [0, 0.1) is 0 Å². The number of esters is 2. The largest absolute Gasteiger partial charge is 0.480 e. The van der Waals surface area contributed by atoms with Crippen LogP contribution in [-0.2, 0) is 37.5 Å². The SMILES string of the molecule is CCCCCCCCCCCCCCCCCCCCCCCC(=O)OC(COC(=O)CCCCCCCCCCC)COP(=O)(O)OCC(N)C(=O)O. The summed E-state index contributed by atoms with van der Waals surface area (Å²) in [5.41, 5.74) is 5.32. The van der Waals surface area contributed by atoms with E-state index in [2.05, 4.69) is 18.4 Å². The molecule has 0 aromatic rings. The van der Waals surface area contributed by atoms with Gasteiger partial charge in [0.2, 0.25) is 0 Å². The smallest absolute Gasteiger partial charge is 0.472 e. The zero-order valence-electron chi connectivity index (χ0n) is 34.6. The third kappa shape index (κ3) is 37.4. The fourth-order valence-electron chi connectivity index (χ4n) is 6.36. The van der Waals surface area contributed by atoms with Crippen molar-refractivity contribution in [3.63, 3.8) is 0 Å². The van der Waals surface area contributed by atoms with Crippen molar-refractivity contribution in [3.8, 4) is 0 Å². The summed E-state index contributed by atoms with van der Waals surface area (Å²) in [5, 5.41) is 8.87. The van der Waals surface area contributed by atoms with Crippen LogP contribution in [0.5, 0.6) is 0 Å². The first-order chi connectivity index (χ1) is 26.1. The first-order valence-corrected chi connectivity index (χ1v) is 23.6. The van der Waals surface area contributed by atoms with Crippen LogP contribution in [0.3, 0.4) is 0 Å². The van der Waals surface area contributed by atoms with Crippen molar-refractivity contribution < 1.29 is 47.5 Å². The summed E-state index contributed by atoms with van der Waals surface area (Å²) in [6.07, 6.45) is 36.1. The molecule has 54 heavy (non-hydrogen) atoms. The average Bonchev–Trinajstić information content (AvgIpc) is 3.14. The van der Waals surface area contributed by atoms with Gasteiger partial charge >= 0.3 is 25.7 Å². The van der Waals surface area contributed by atoms with Gasteiger partial charge in [-0.15, -0.1) is 0 Å². The number of phosphoric ester groups is 1. The van der Waals surface area contributed by atoms with Gasteiger partial charge in [-0.2, -0.15) is 0 Å². The second kappa shape index (κ2) is 38.4. The van der Waals surface area contributed by atoms with Gasteiger partial charge in [-0.05, 0) is 12.8 Å². The quantitative estimate of drug-likeness (QED) is 0.0305. The van der Waals surface area contributed by atoms with Crippen LogP contribution in [-0.4, -0.2) is 59.9 Å². The van der Waals surface area contributed by atoms with Crippen molar-refractivity contribution >= 4 is 25.7 Å². The lowest BCUT2D eigenvalue weighted by atomic mass is 10.0. The molecule has 0 heterocycles. The molecule has 0 spiro atoms. The molecule has 320 valence electrons. The van der Waals surface area contributed by atoms with Crippen LogP contribution in [0.1, 0.15) is 219 Å². The number of carbonyl (C=O) groups is 3. The maximum Gasteiger partial charge on any atom is 0.472 e. The van der Waals surface area contributed by atoms with Crippen molar-refractivity contribution in [2.75, 3.05) is 19.8 Å². The van der Waals surface area contributed by atoms with E-state index in [4.69, 9.17) is 24.8 Å². The Hall–Kier alpha value is -1.52. The van der Waals surface area contributed by atoms with E-state index < -0.39 is 51.1 Å². The Balaban J connectivity index is 4.19. The highest BCUT2D eigenvalue weighted by Crippen LogP contribution is 2.43. The number of carboxylic acid groups (broad SMARTS) is 1. The minimum Gasteiger partial charge on any atom is -0.480 e. The van der Waals surface area contributed by atoms with Gasteiger partial charge in [0.05, 0.1) is 13.2 Å². The summed E-state index contributed by atoms with van der Waals surface area (Å²) < 4.78 is 32.6. The second-order valence-corrected chi connectivity index (χ2v) is 16.7. The summed E-state index contributed by atoms with van der Waals surface area (Å²) >= 11 is 0. The highest BCUT2D eigenvalue weighted by Gasteiger charge is 2.28. The standard InChI is InChI=1S/C42H82NO10P/c1-3-5-7-9-11-13-14-15-16-17-18-19-20-21-22-23-24-26-28-30-32-34-41(45)53-38(36-51-54(48,49)52-37-39(43)42(46)47)35-50-40(44)33-31-29-27-25-12-10-8-6-4-2/h38-39H,3-37,43H2,1-2H3,(H,46,47)(H,48,49). The zero-order chi connectivity index (χ0) is 40.0. The van der Waals surface area contributed by atoms with Crippen LogP contribution >= 0.6 is 7.82 Å². The Morgan fingerprint density at radius 1 is 0.500 bits per heavy atom. The molecule has 0 bridgehead atoms. The Morgan fingerprint density at radius 2 is 0.815 bits per heavy atom. The van der Waals surface area contributed by atoms with Crippen LogP contribution in [0.25, 0.3) is 0 Å². The monoisotopic (exact) mass is 792 g/mol. The summed E-state index contributed by atoms with van der Waals surface area (Å²) in [4.78, 5) is 45.8. The number of nitrogens with two attached hydrogens (primary N) is 1. The molecule has 0 aliphatic heterocycles. The molecule has 0 aliphatic carbocycles. The number of aliphatic carboxylic acids is 1. The van der Waals surface area contributed by atoms with Gasteiger partial charge in [0, 0.05) is 12.8 Å². The molecule has 0 radical (unpaired) electrons. The Bertz CT molecular complexity index is 937. The van der Waals surface area contributed by atoms with Gasteiger partial charge < -0.3 is 25.2 Å². The molecular weight excluding hydrogens is 709 g/mol. The summed E-state index contributed by atoms with van der Waals surface area (Å²) in [7, 11) is -4.70. The maximum absolute atomic E-state index is 12.6. The molecule has 3 unspecified atom stereocenters. The third-order valence-corrected chi connectivity index (χ3v) is 10.8. The molecule has 0 aliphatic rings.